The molecule has 140 valence electrons. The maximum atomic E-state index is 13.2. The number of amides is 2. The number of likely N-dealkylation sites (tertiary alicyclic amines) is 1. The monoisotopic (exact) mass is 389 g/mol. The molecule has 5 nitrogen and oxygen atoms in total. The van der Waals surface area contributed by atoms with Gasteiger partial charge in [0.25, 0.3) is 0 Å². The van der Waals surface area contributed by atoms with Crippen molar-refractivity contribution in [2.75, 3.05) is 13.1 Å². The number of aromatic nitrogens is 1. The van der Waals surface area contributed by atoms with E-state index in [0.29, 0.717) is 10.6 Å². The van der Waals surface area contributed by atoms with Gasteiger partial charge in [-0.3, -0.25) is 4.57 Å². The Morgan fingerprint density at radius 2 is 2.00 bits per heavy atom. The lowest BCUT2D eigenvalue weighted by atomic mass is 10.2. The molecule has 0 spiro atoms. The molecule has 26 heavy (non-hydrogen) atoms. The van der Waals surface area contributed by atoms with Crippen molar-refractivity contribution in [3.05, 3.63) is 45.7 Å². The summed E-state index contributed by atoms with van der Waals surface area (Å²) in [5.74, 6) is 0. The van der Waals surface area contributed by atoms with Gasteiger partial charge >= 0.3 is 12.2 Å². The van der Waals surface area contributed by atoms with Crippen LogP contribution in [0, 0.1) is 0 Å². The summed E-state index contributed by atoms with van der Waals surface area (Å²) in [5.41, 5.74) is -0.426. The highest BCUT2D eigenvalue weighted by Crippen LogP contribution is 2.29. The van der Waals surface area contributed by atoms with Gasteiger partial charge in [0.1, 0.15) is 6.17 Å². The number of hydrogen-bond donors (Lipinski definition) is 1. The van der Waals surface area contributed by atoms with Crippen LogP contribution in [0.3, 0.4) is 0 Å². The molecule has 1 aromatic carbocycles. The molecular formula is C16H15F4N3O2S. The van der Waals surface area contributed by atoms with E-state index in [-0.39, 0.29) is 30.9 Å². The van der Waals surface area contributed by atoms with E-state index in [4.69, 9.17) is 0 Å². The Labute approximate surface area is 149 Å². The summed E-state index contributed by atoms with van der Waals surface area (Å²) in [6, 6.07) is 3.76. The van der Waals surface area contributed by atoms with Gasteiger partial charge in [-0.1, -0.05) is 11.3 Å². The fourth-order valence-electron chi connectivity index (χ4n) is 2.58. The molecule has 0 unspecified atom stereocenters. The largest absolute Gasteiger partial charge is 0.416 e. The second-order valence-corrected chi connectivity index (χ2v) is 6.87. The second kappa shape index (κ2) is 7.20. The van der Waals surface area contributed by atoms with Crippen LogP contribution in [0.5, 0.6) is 0 Å². The molecule has 3 rings (SSSR count). The summed E-state index contributed by atoms with van der Waals surface area (Å²) in [6.07, 6.45) is -3.77. The van der Waals surface area contributed by atoms with Crippen LogP contribution in [0.2, 0.25) is 0 Å². The quantitative estimate of drug-likeness (QED) is 0.803. The standard InChI is InChI=1S/C16H15F4N3O2S/c17-11-5-6-22(7-11)14(25)21-15-23(8-13(9-24)26-15)12-3-1-10(2-4-12)16(18,19)20/h1-4,8,11,24H,5-7,9H2/b21-15-/t11-/m1/s1. The summed E-state index contributed by atoms with van der Waals surface area (Å²) in [7, 11) is 0. The molecule has 1 N–H and O–H groups in total. The van der Waals surface area contributed by atoms with Gasteiger partial charge in [0, 0.05) is 18.4 Å². The maximum Gasteiger partial charge on any atom is 0.416 e. The highest BCUT2D eigenvalue weighted by atomic mass is 32.1. The first-order valence-corrected chi connectivity index (χ1v) is 8.57. The van der Waals surface area contributed by atoms with Crippen LogP contribution in [0.4, 0.5) is 22.4 Å². The number of benzene rings is 1. The summed E-state index contributed by atoms with van der Waals surface area (Å²) < 4.78 is 52.8. The molecule has 2 aromatic rings. The molecule has 0 saturated carbocycles. The van der Waals surface area contributed by atoms with E-state index in [1.165, 1.54) is 27.8 Å². The molecule has 1 saturated heterocycles. The zero-order chi connectivity index (χ0) is 18.9. The molecule has 1 aliphatic heterocycles. The molecule has 1 aromatic heterocycles. The van der Waals surface area contributed by atoms with E-state index < -0.39 is 23.9 Å². The topological polar surface area (TPSA) is 57.8 Å². The maximum absolute atomic E-state index is 13.2. The predicted octanol–water partition coefficient (Wildman–Crippen LogP) is 3.11. The normalized spacial score (nSPS) is 18.6. The van der Waals surface area contributed by atoms with Crippen LogP contribution >= 0.6 is 11.3 Å². The highest BCUT2D eigenvalue weighted by molar-refractivity contribution is 7.09. The van der Waals surface area contributed by atoms with Crippen LogP contribution in [0.15, 0.2) is 35.5 Å². The van der Waals surface area contributed by atoms with Gasteiger partial charge in [0.05, 0.1) is 23.6 Å². The molecular weight excluding hydrogens is 374 g/mol. The lowest BCUT2D eigenvalue weighted by Gasteiger charge is -2.11. The van der Waals surface area contributed by atoms with E-state index >= 15 is 0 Å². The molecule has 1 aliphatic rings. The lowest BCUT2D eigenvalue weighted by molar-refractivity contribution is -0.137. The third kappa shape index (κ3) is 3.96. The minimum absolute atomic E-state index is 0.0269. The van der Waals surface area contributed by atoms with Crippen molar-refractivity contribution in [2.45, 2.75) is 25.4 Å². The molecule has 0 bridgehead atoms. The number of alkyl halides is 4. The number of urea groups is 1. The van der Waals surface area contributed by atoms with Crippen molar-refractivity contribution < 1.29 is 27.5 Å². The van der Waals surface area contributed by atoms with Crippen molar-refractivity contribution >= 4 is 17.4 Å². The van der Waals surface area contributed by atoms with Crippen molar-refractivity contribution in [1.29, 1.82) is 0 Å². The number of halogens is 4. The summed E-state index contributed by atoms with van der Waals surface area (Å²) >= 11 is 1.03. The Morgan fingerprint density at radius 1 is 1.31 bits per heavy atom. The number of carbonyl (C=O) groups excluding carboxylic acids is 1. The van der Waals surface area contributed by atoms with Crippen molar-refractivity contribution in [2.24, 2.45) is 4.99 Å². The number of nitrogens with zero attached hydrogens (tertiary/aromatic N) is 3. The third-order valence-electron chi connectivity index (χ3n) is 3.92. The summed E-state index contributed by atoms with van der Waals surface area (Å²) in [6.45, 7) is -0.0614. The molecule has 0 radical (unpaired) electrons. The van der Waals surface area contributed by atoms with Crippen LogP contribution in [0.1, 0.15) is 16.9 Å². The molecule has 2 heterocycles. The average molecular weight is 389 g/mol. The zero-order valence-corrected chi connectivity index (χ0v) is 14.2. The average Bonchev–Trinajstić information content (AvgIpc) is 3.20. The van der Waals surface area contributed by atoms with Gasteiger partial charge in [-0.2, -0.15) is 18.2 Å². The Hall–Kier alpha value is -2.20. The van der Waals surface area contributed by atoms with E-state index in [9.17, 15) is 27.5 Å². The SMILES string of the molecule is O=C(/N=c1\sc(CO)cn1-c1ccc(C(F)(F)F)cc1)N1CC[C@@H](F)C1. The Morgan fingerprint density at radius 3 is 2.54 bits per heavy atom. The van der Waals surface area contributed by atoms with E-state index in [2.05, 4.69) is 4.99 Å². The summed E-state index contributed by atoms with van der Waals surface area (Å²) in [5, 5.41) is 9.32. The Bertz CT molecular complexity index is 858. The van der Waals surface area contributed by atoms with Crippen molar-refractivity contribution in [1.82, 2.24) is 9.47 Å². The van der Waals surface area contributed by atoms with Gasteiger partial charge < -0.3 is 10.0 Å². The second-order valence-electron chi connectivity index (χ2n) is 5.78. The predicted molar refractivity (Wildman–Crippen MR) is 86.6 cm³/mol. The molecule has 1 atom stereocenters. The Balaban J connectivity index is 1.96. The van der Waals surface area contributed by atoms with Gasteiger partial charge in [-0.15, -0.1) is 0 Å². The van der Waals surface area contributed by atoms with Crippen molar-refractivity contribution in [3.63, 3.8) is 0 Å². The van der Waals surface area contributed by atoms with E-state index in [1.54, 1.807) is 0 Å². The van der Waals surface area contributed by atoms with E-state index in [0.717, 1.165) is 23.5 Å². The fraction of sp³-hybridized carbons (Fsp3) is 0.375. The highest BCUT2D eigenvalue weighted by Gasteiger charge is 2.30. The number of thiazole rings is 1. The van der Waals surface area contributed by atoms with Crippen molar-refractivity contribution in [3.8, 4) is 5.69 Å². The van der Waals surface area contributed by atoms with Gasteiger partial charge in [-0.05, 0) is 30.7 Å². The lowest BCUT2D eigenvalue weighted by Crippen LogP contribution is -2.28. The van der Waals surface area contributed by atoms with Gasteiger partial charge in [0.2, 0.25) is 0 Å². The van der Waals surface area contributed by atoms with Gasteiger partial charge in [0.15, 0.2) is 4.80 Å². The van der Waals surface area contributed by atoms with E-state index in [1.807, 2.05) is 0 Å². The minimum atomic E-state index is -4.45. The van der Waals surface area contributed by atoms with Gasteiger partial charge in [-0.25, -0.2) is 9.18 Å². The third-order valence-corrected chi connectivity index (χ3v) is 4.89. The summed E-state index contributed by atoms with van der Waals surface area (Å²) in [4.78, 5) is 18.1. The number of aliphatic hydroxyl groups excluding tert-OH is 1. The smallest absolute Gasteiger partial charge is 0.391 e. The number of rotatable bonds is 2. The first-order valence-electron chi connectivity index (χ1n) is 7.75. The van der Waals surface area contributed by atoms with Crippen LogP contribution in [0.25, 0.3) is 5.69 Å². The molecule has 1 fully saturated rings. The minimum Gasteiger partial charge on any atom is -0.391 e. The Kier molecular flexibility index (Phi) is 5.15. The zero-order valence-electron chi connectivity index (χ0n) is 13.4. The number of aliphatic hydroxyl groups is 1. The number of hydrogen-bond acceptors (Lipinski definition) is 3. The molecule has 2 amide bonds. The molecule has 0 aliphatic carbocycles. The first kappa shape index (κ1) is 18.6. The van der Waals surface area contributed by atoms with Crippen LogP contribution in [-0.4, -0.2) is 39.9 Å². The van der Waals surface area contributed by atoms with Crippen LogP contribution < -0.4 is 4.80 Å². The molecule has 10 heteroatoms. The first-order chi connectivity index (χ1) is 12.3. The van der Waals surface area contributed by atoms with Crippen LogP contribution in [-0.2, 0) is 12.8 Å². The number of carbonyl (C=O) groups is 1. The fourth-order valence-corrected chi connectivity index (χ4v) is 3.42.